The van der Waals surface area contributed by atoms with Gasteiger partial charge < -0.3 is 9.47 Å². The highest BCUT2D eigenvalue weighted by atomic mass is 79.9. The number of para-hydroxylation sites is 1. The van der Waals surface area contributed by atoms with Crippen molar-refractivity contribution in [1.82, 2.24) is 4.90 Å². The normalized spacial score (nSPS) is 10.7. The molecule has 0 bridgehead atoms. The van der Waals surface area contributed by atoms with E-state index in [1.807, 2.05) is 30.3 Å². The summed E-state index contributed by atoms with van der Waals surface area (Å²) in [5.74, 6) is 1.83. The number of benzene rings is 2. The van der Waals surface area contributed by atoms with Crippen molar-refractivity contribution in [1.29, 1.82) is 0 Å². The second-order valence-electron chi connectivity index (χ2n) is 4.94. The van der Waals surface area contributed by atoms with Crippen LogP contribution in [0.3, 0.4) is 0 Å². The first-order valence-electron chi connectivity index (χ1n) is 6.77. The summed E-state index contributed by atoms with van der Waals surface area (Å²) in [6.07, 6.45) is 0. The molecule has 0 saturated heterocycles. The first-order chi connectivity index (χ1) is 10.1. The van der Waals surface area contributed by atoms with Gasteiger partial charge in [-0.1, -0.05) is 34.1 Å². The summed E-state index contributed by atoms with van der Waals surface area (Å²) in [7, 11) is 5.50. The van der Waals surface area contributed by atoms with Gasteiger partial charge in [-0.05, 0) is 31.3 Å². The molecule has 0 fully saturated rings. The zero-order valence-electron chi connectivity index (χ0n) is 12.6. The lowest BCUT2D eigenvalue weighted by molar-refractivity contribution is 0.302. The molecule has 0 saturated carbocycles. The van der Waals surface area contributed by atoms with Crippen LogP contribution in [0.4, 0.5) is 0 Å². The molecule has 2 aromatic carbocycles. The van der Waals surface area contributed by atoms with Gasteiger partial charge in [0, 0.05) is 28.7 Å². The predicted octanol–water partition coefficient (Wildman–Crippen LogP) is 4.10. The summed E-state index contributed by atoms with van der Waals surface area (Å²) in [6, 6.07) is 14.2. The maximum atomic E-state index is 5.42. The van der Waals surface area contributed by atoms with Crippen LogP contribution in [-0.2, 0) is 13.1 Å². The zero-order chi connectivity index (χ0) is 15.2. The Hall–Kier alpha value is -1.52. The minimum Gasteiger partial charge on any atom is -0.496 e. The monoisotopic (exact) mass is 349 g/mol. The van der Waals surface area contributed by atoms with E-state index in [0.717, 1.165) is 34.6 Å². The van der Waals surface area contributed by atoms with E-state index in [-0.39, 0.29) is 0 Å². The van der Waals surface area contributed by atoms with Gasteiger partial charge in [-0.2, -0.15) is 0 Å². The Labute approximate surface area is 134 Å². The van der Waals surface area contributed by atoms with Gasteiger partial charge in [0.2, 0.25) is 0 Å². The van der Waals surface area contributed by atoms with Crippen LogP contribution in [0.1, 0.15) is 11.1 Å². The van der Waals surface area contributed by atoms with Gasteiger partial charge >= 0.3 is 0 Å². The number of rotatable bonds is 6. The van der Waals surface area contributed by atoms with Crippen LogP contribution < -0.4 is 9.47 Å². The van der Waals surface area contributed by atoms with E-state index in [1.165, 1.54) is 5.56 Å². The van der Waals surface area contributed by atoms with E-state index in [4.69, 9.17) is 9.47 Å². The molecule has 0 atom stereocenters. The van der Waals surface area contributed by atoms with Crippen LogP contribution in [0, 0.1) is 0 Å². The molecule has 0 amide bonds. The van der Waals surface area contributed by atoms with E-state index in [9.17, 15) is 0 Å². The third-order valence-corrected chi connectivity index (χ3v) is 3.81. The quantitative estimate of drug-likeness (QED) is 0.783. The van der Waals surface area contributed by atoms with Gasteiger partial charge in [0.15, 0.2) is 0 Å². The molecule has 2 aromatic rings. The standard InChI is InChI=1S/C17H20BrNO2/c1-19(11-13-6-4-5-7-16(13)20-2)12-14-10-15(18)8-9-17(14)21-3/h4-10H,11-12H2,1-3H3. The largest absolute Gasteiger partial charge is 0.496 e. The molecule has 3 nitrogen and oxygen atoms in total. The zero-order valence-corrected chi connectivity index (χ0v) is 14.2. The summed E-state index contributed by atoms with van der Waals surface area (Å²) in [5, 5.41) is 0. The van der Waals surface area contributed by atoms with Crippen molar-refractivity contribution in [2.45, 2.75) is 13.1 Å². The number of methoxy groups -OCH3 is 2. The number of hydrogen-bond donors (Lipinski definition) is 0. The molecule has 0 aliphatic carbocycles. The molecule has 0 N–H and O–H groups in total. The van der Waals surface area contributed by atoms with Crippen molar-refractivity contribution in [3.8, 4) is 11.5 Å². The maximum absolute atomic E-state index is 5.42. The van der Waals surface area contributed by atoms with Crippen LogP contribution in [0.2, 0.25) is 0 Å². The SMILES string of the molecule is COc1ccccc1CN(C)Cc1cc(Br)ccc1OC. The molecule has 0 heterocycles. The third kappa shape index (κ3) is 4.22. The number of hydrogen-bond acceptors (Lipinski definition) is 3. The van der Waals surface area contributed by atoms with E-state index in [1.54, 1.807) is 14.2 Å². The van der Waals surface area contributed by atoms with Gasteiger partial charge in [-0.25, -0.2) is 0 Å². The van der Waals surface area contributed by atoms with Crippen molar-refractivity contribution < 1.29 is 9.47 Å². The van der Waals surface area contributed by atoms with Crippen LogP contribution in [-0.4, -0.2) is 26.2 Å². The van der Waals surface area contributed by atoms with Crippen molar-refractivity contribution >= 4 is 15.9 Å². The molecule has 0 unspecified atom stereocenters. The van der Waals surface area contributed by atoms with E-state index < -0.39 is 0 Å². The van der Waals surface area contributed by atoms with E-state index in [2.05, 4.69) is 40.0 Å². The summed E-state index contributed by atoms with van der Waals surface area (Å²) in [4.78, 5) is 2.24. The van der Waals surface area contributed by atoms with Gasteiger partial charge in [0.05, 0.1) is 14.2 Å². The summed E-state index contributed by atoms with van der Waals surface area (Å²) in [6.45, 7) is 1.63. The fourth-order valence-electron chi connectivity index (χ4n) is 2.34. The molecule has 21 heavy (non-hydrogen) atoms. The number of nitrogens with zero attached hydrogens (tertiary/aromatic N) is 1. The first-order valence-corrected chi connectivity index (χ1v) is 7.56. The second-order valence-corrected chi connectivity index (χ2v) is 5.86. The second kappa shape index (κ2) is 7.48. The highest BCUT2D eigenvalue weighted by Gasteiger charge is 2.10. The Morgan fingerprint density at radius 1 is 0.905 bits per heavy atom. The van der Waals surface area contributed by atoms with Crippen molar-refractivity contribution in [3.05, 3.63) is 58.1 Å². The molecule has 0 spiro atoms. The predicted molar refractivity (Wildman–Crippen MR) is 88.9 cm³/mol. The minimum absolute atomic E-state index is 0.806. The van der Waals surface area contributed by atoms with Crippen LogP contribution in [0.25, 0.3) is 0 Å². The van der Waals surface area contributed by atoms with Gasteiger partial charge in [0.1, 0.15) is 11.5 Å². The minimum atomic E-state index is 0.806. The molecular formula is C17H20BrNO2. The molecule has 0 aliphatic heterocycles. The van der Waals surface area contributed by atoms with Crippen molar-refractivity contribution in [2.75, 3.05) is 21.3 Å². The van der Waals surface area contributed by atoms with E-state index in [0.29, 0.717) is 0 Å². The van der Waals surface area contributed by atoms with Crippen LogP contribution >= 0.6 is 15.9 Å². The third-order valence-electron chi connectivity index (χ3n) is 3.32. The fraction of sp³-hybridized carbons (Fsp3) is 0.294. The van der Waals surface area contributed by atoms with Gasteiger partial charge in [-0.15, -0.1) is 0 Å². The average molecular weight is 350 g/mol. The first kappa shape index (κ1) is 15.9. The summed E-state index contributed by atoms with van der Waals surface area (Å²) in [5.41, 5.74) is 2.33. The lowest BCUT2D eigenvalue weighted by Gasteiger charge is -2.20. The van der Waals surface area contributed by atoms with Crippen LogP contribution in [0.15, 0.2) is 46.9 Å². The Bertz CT molecular complexity index is 601. The molecule has 0 aromatic heterocycles. The number of halogens is 1. The Morgan fingerprint density at radius 3 is 2.24 bits per heavy atom. The molecule has 112 valence electrons. The van der Waals surface area contributed by atoms with Gasteiger partial charge in [0.25, 0.3) is 0 Å². The van der Waals surface area contributed by atoms with E-state index >= 15 is 0 Å². The average Bonchev–Trinajstić information content (AvgIpc) is 2.48. The molecule has 4 heteroatoms. The fourth-order valence-corrected chi connectivity index (χ4v) is 2.75. The Balaban J connectivity index is 2.11. The lowest BCUT2D eigenvalue weighted by atomic mass is 10.1. The lowest BCUT2D eigenvalue weighted by Crippen LogP contribution is -2.18. The maximum Gasteiger partial charge on any atom is 0.123 e. The highest BCUT2D eigenvalue weighted by molar-refractivity contribution is 9.10. The molecular weight excluding hydrogens is 330 g/mol. The molecule has 2 rings (SSSR count). The van der Waals surface area contributed by atoms with Gasteiger partial charge in [-0.3, -0.25) is 4.90 Å². The van der Waals surface area contributed by atoms with Crippen molar-refractivity contribution in [3.63, 3.8) is 0 Å². The number of ether oxygens (including phenoxy) is 2. The summed E-state index contributed by atoms with van der Waals surface area (Å²) >= 11 is 3.51. The molecule has 0 aliphatic rings. The molecule has 0 radical (unpaired) electrons. The topological polar surface area (TPSA) is 21.7 Å². The summed E-state index contributed by atoms with van der Waals surface area (Å²) < 4.78 is 11.9. The highest BCUT2D eigenvalue weighted by Crippen LogP contribution is 2.25. The van der Waals surface area contributed by atoms with Crippen molar-refractivity contribution in [2.24, 2.45) is 0 Å². The Kier molecular flexibility index (Phi) is 5.65. The smallest absolute Gasteiger partial charge is 0.123 e. The van der Waals surface area contributed by atoms with Crippen LogP contribution in [0.5, 0.6) is 11.5 Å². The Morgan fingerprint density at radius 2 is 1.52 bits per heavy atom.